The molecule has 0 atom stereocenters. The minimum atomic E-state index is -4.84. The molecule has 3 aromatic carbocycles. The summed E-state index contributed by atoms with van der Waals surface area (Å²) in [6, 6.07) is 13.9. The number of aliphatic hydroxyl groups is 1. The molecule has 1 aromatic heterocycles. The highest BCUT2D eigenvalue weighted by atomic mass is 19.4. The third-order valence-electron chi connectivity index (χ3n) is 5.62. The zero-order valence-electron chi connectivity index (χ0n) is 19.2. The fourth-order valence-electron chi connectivity index (χ4n) is 4.02. The van der Waals surface area contributed by atoms with Gasteiger partial charge in [-0.05, 0) is 60.0 Å². The minimum Gasteiger partial charge on any atom is -0.406 e. The lowest BCUT2D eigenvalue weighted by atomic mass is 10.1. The first kappa shape index (κ1) is 25.4. The summed E-state index contributed by atoms with van der Waals surface area (Å²) in [7, 11) is 1.66. The van der Waals surface area contributed by atoms with Gasteiger partial charge in [0.25, 0.3) is 0 Å². The van der Waals surface area contributed by atoms with Crippen molar-refractivity contribution in [1.29, 1.82) is 0 Å². The zero-order chi connectivity index (χ0) is 26.3. The van der Waals surface area contributed by atoms with Gasteiger partial charge in [0.15, 0.2) is 0 Å². The highest BCUT2D eigenvalue weighted by Crippen LogP contribution is 2.33. The number of halogens is 6. The molecule has 190 valence electrons. The Labute approximate surface area is 201 Å². The van der Waals surface area contributed by atoms with E-state index in [0.29, 0.717) is 27.8 Å². The summed E-state index contributed by atoms with van der Waals surface area (Å²) in [4.78, 5) is 4.55. The van der Waals surface area contributed by atoms with Crippen molar-refractivity contribution in [2.45, 2.75) is 32.6 Å². The number of fused-ring (bicyclic) bond motifs is 1. The van der Waals surface area contributed by atoms with E-state index in [1.807, 2.05) is 0 Å². The third kappa shape index (κ3) is 5.40. The topological polar surface area (TPSA) is 51.7 Å². The molecule has 4 aromatic rings. The third-order valence-corrected chi connectivity index (χ3v) is 5.62. The quantitative estimate of drug-likeness (QED) is 0.337. The van der Waals surface area contributed by atoms with Crippen LogP contribution in [0.1, 0.15) is 22.3 Å². The number of aromatic nitrogens is 2. The fraction of sp³-hybridized carbons (Fsp3) is 0.240. The summed E-state index contributed by atoms with van der Waals surface area (Å²) in [5, 5.41) is 9.29. The van der Waals surface area contributed by atoms with Crippen molar-refractivity contribution in [3.05, 3.63) is 88.5 Å². The minimum absolute atomic E-state index is 0.148. The first-order valence-electron chi connectivity index (χ1n) is 10.7. The molecule has 5 nitrogen and oxygen atoms in total. The van der Waals surface area contributed by atoms with E-state index in [9.17, 15) is 31.4 Å². The molecule has 0 aliphatic carbocycles. The van der Waals surface area contributed by atoms with Gasteiger partial charge >= 0.3 is 12.5 Å². The number of rotatable bonds is 5. The number of hydrogen-bond acceptors (Lipinski definition) is 3. The number of imidazole rings is 1. The van der Waals surface area contributed by atoms with Crippen LogP contribution >= 0.6 is 0 Å². The van der Waals surface area contributed by atoms with E-state index in [1.54, 1.807) is 47.4 Å². The van der Waals surface area contributed by atoms with Crippen molar-refractivity contribution in [2.75, 3.05) is 0 Å². The predicted octanol–water partition coefficient (Wildman–Crippen LogP) is 5.98. The van der Waals surface area contributed by atoms with Crippen molar-refractivity contribution in [3.63, 3.8) is 0 Å². The van der Waals surface area contributed by atoms with Crippen LogP contribution < -0.4 is 10.4 Å². The van der Waals surface area contributed by atoms with E-state index < -0.39 is 23.9 Å². The van der Waals surface area contributed by atoms with Gasteiger partial charge in [-0.25, -0.2) is 4.99 Å². The van der Waals surface area contributed by atoms with Crippen molar-refractivity contribution >= 4 is 16.7 Å². The Morgan fingerprint density at radius 3 is 2.06 bits per heavy atom. The van der Waals surface area contributed by atoms with E-state index in [4.69, 9.17) is 0 Å². The van der Waals surface area contributed by atoms with Gasteiger partial charge < -0.3 is 19.0 Å². The van der Waals surface area contributed by atoms with Gasteiger partial charge in [0, 0.05) is 7.05 Å². The Kier molecular flexibility index (Phi) is 6.61. The van der Waals surface area contributed by atoms with Crippen LogP contribution in [0, 0.1) is 6.92 Å². The van der Waals surface area contributed by atoms with E-state index in [1.165, 1.54) is 12.1 Å². The van der Waals surface area contributed by atoms with E-state index >= 15 is 0 Å². The molecule has 0 fully saturated rings. The van der Waals surface area contributed by atoms with E-state index in [-0.39, 0.29) is 18.8 Å². The molecule has 0 radical (unpaired) electrons. The number of alkyl halides is 6. The Morgan fingerprint density at radius 2 is 1.50 bits per heavy atom. The Morgan fingerprint density at radius 1 is 0.889 bits per heavy atom. The van der Waals surface area contributed by atoms with Gasteiger partial charge in [-0.3, -0.25) is 0 Å². The lowest BCUT2D eigenvalue weighted by Crippen LogP contribution is -2.24. The van der Waals surface area contributed by atoms with Crippen LogP contribution in [0.5, 0.6) is 5.75 Å². The summed E-state index contributed by atoms with van der Waals surface area (Å²) in [6.07, 6.45) is -9.39. The maximum atomic E-state index is 13.6. The average Bonchev–Trinajstić information content (AvgIpc) is 3.05. The maximum absolute atomic E-state index is 13.6. The summed E-state index contributed by atoms with van der Waals surface area (Å²) >= 11 is 0. The Balaban J connectivity index is 1.91. The number of aliphatic hydroxyl groups excluding tert-OH is 1. The molecule has 0 saturated carbocycles. The molecule has 4 rings (SSSR count). The molecule has 11 heteroatoms. The highest BCUT2D eigenvalue weighted by molar-refractivity contribution is 5.81. The molecule has 0 aliphatic rings. The summed E-state index contributed by atoms with van der Waals surface area (Å²) in [5.74, 6) is -0.416. The lowest BCUT2D eigenvalue weighted by molar-refractivity contribution is -0.274. The largest absolute Gasteiger partial charge is 0.573 e. The van der Waals surface area contributed by atoms with Gasteiger partial charge in [0.1, 0.15) is 5.75 Å². The molecular weight excluding hydrogens is 488 g/mol. The van der Waals surface area contributed by atoms with Gasteiger partial charge in [0.2, 0.25) is 5.62 Å². The number of hydrogen-bond donors (Lipinski definition) is 1. The molecule has 36 heavy (non-hydrogen) atoms. The molecule has 0 bridgehead atoms. The second-order valence-corrected chi connectivity index (χ2v) is 8.23. The van der Waals surface area contributed by atoms with Crippen molar-refractivity contribution in [3.8, 4) is 5.75 Å². The Hall–Kier alpha value is -3.73. The van der Waals surface area contributed by atoms with Crippen LogP contribution in [0.25, 0.3) is 11.0 Å². The van der Waals surface area contributed by atoms with Crippen LogP contribution in [0.4, 0.5) is 32.0 Å². The molecule has 0 aliphatic heterocycles. The second-order valence-electron chi connectivity index (χ2n) is 8.23. The smallest absolute Gasteiger partial charge is 0.406 e. The van der Waals surface area contributed by atoms with E-state index in [2.05, 4.69) is 9.73 Å². The SMILES string of the molecule is Cc1cc(C(F)(F)F)cc2c1n(C)/c(=N/c1ccc(OC(F)(F)F)cc1)n2Cc1ccc(CO)cc1. The number of ether oxygens (including phenoxy) is 1. The van der Waals surface area contributed by atoms with Crippen molar-refractivity contribution < 1.29 is 36.2 Å². The number of aryl methyl sites for hydroxylation is 2. The summed E-state index contributed by atoms with van der Waals surface area (Å²) in [5.41, 5.74) is 2.44. The fourth-order valence-corrected chi connectivity index (χ4v) is 4.02. The molecule has 0 spiro atoms. The van der Waals surface area contributed by atoms with Crippen LogP contribution in [0.15, 0.2) is 65.7 Å². The van der Waals surface area contributed by atoms with Crippen LogP contribution in [0.2, 0.25) is 0 Å². The van der Waals surface area contributed by atoms with Crippen molar-refractivity contribution in [2.24, 2.45) is 12.0 Å². The summed E-state index contributed by atoms with van der Waals surface area (Å²) in [6.45, 7) is 1.59. The number of benzene rings is 3. The first-order valence-corrected chi connectivity index (χ1v) is 10.7. The molecule has 1 N–H and O–H groups in total. The predicted molar refractivity (Wildman–Crippen MR) is 120 cm³/mol. The maximum Gasteiger partial charge on any atom is 0.573 e. The monoisotopic (exact) mass is 509 g/mol. The van der Waals surface area contributed by atoms with Gasteiger partial charge in [-0.15, -0.1) is 13.2 Å². The van der Waals surface area contributed by atoms with E-state index in [0.717, 1.165) is 29.8 Å². The first-order chi connectivity index (χ1) is 16.9. The highest BCUT2D eigenvalue weighted by Gasteiger charge is 2.32. The van der Waals surface area contributed by atoms with Crippen molar-refractivity contribution in [1.82, 2.24) is 9.13 Å². The van der Waals surface area contributed by atoms with Gasteiger partial charge in [0.05, 0.1) is 35.4 Å². The second kappa shape index (κ2) is 9.38. The molecule has 0 saturated heterocycles. The van der Waals surface area contributed by atoms with Gasteiger partial charge in [-0.1, -0.05) is 24.3 Å². The van der Waals surface area contributed by atoms with Crippen LogP contribution in [-0.2, 0) is 26.4 Å². The lowest BCUT2D eigenvalue weighted by Gasteiger charge is -2.11. The molecule has 1 heterocycles. The summed E-state index contributed by atoms with van der Waals surface area (Å²) < 4.78 is 85.4. The van der Waals surface area contributed by atoms with Gasteiger partial charge in [-0.2, -0.15) is 13.2 Å². The molecule has 0 amide bonds. The number of nitrogens with zero attached hydrogens (tertiary/aromatic N) is 3. The molecular formula is C25H21F6N3O2. The normalized spacial score (nSPS) is 13.0. The van der Waals surface area contributed by atoms with Crippen LogP contribution in [-0.4, -0.2) is 20.6 Å². The Bertz CT molecular complexity index is 1450. The zero-order valence-corrected chi connectivity index (χ0v) is 19.2. The van der Waals surface area contributed by atoms with Crippen LogP contribution in [0.3, 0.4) is 0 Å². The standard InChI is InChI=1S/C25H21F6N3O2/c1-15-11-18(24(26,27)28)12-21-22(15)33(2)23(34(21)13-16-3-5-17(14-35)6-4-16)32-19-7-9-20(10-8-19)36-25(29,30)31/h3-12,35H,13-14H2,1-2H3/b32-23-. The average molecular weight is 509 g/mol. The molecule has 0 unspecified atom stereocenters.